The Kier molecular flexibility index (Phi) is 2.81. The van der Waals surface area contributed by atoms with Gasteiger partial charge in [-0.25, -0.2) is 0 Å². The van der Waals surface area contributed by atoms with E-state index in [1.165, 1.54) is 0 Å². The van der Waals surface area contributed by atoms with Crippen molar-refractivity contribution in [1.29, 1.82) is 0 Å². The largest absolute Gasteiger partial charge is 0.394 e. The van der Waals surface area contributed by atoms with Crippen LogP contribution in [0.2, 0.25) is 0 Å². The van der Waals surface area contributed by atoms with Crippen LogP contribution in [0.1, 0.15) is 23.3 Å². The van der Waals surface area contributed by atoms with Crippen molar-refractivity contribution in [3.8, 4) is 0 Å². The number of rotatable bonds is 3. The number of nitrogens with two attached hydrogens (primary N) is 1. The van der Waals surface area contributed by atoms with Crippen LogP contribution in [-0.2, 0) is 4.74 Å². The Morgan fingerprint density at radius 1 is 1.69 bits per heavy atom. The highest BCUT2D eigenvalue weighted by atomic mass is 16.5. The number of nitrogens with zero attached hydrogens (tertiary/aromatic N) is 4. The molecule has 9 heteroatoms. The van der Waals surface area contributed by atoms with E-state index in [4.69, 9.17) is 15.6 Å². The molecule has 1 aromatic rings. The SMILES string of the molecule is NC(=O)c1nnn([C@H]2C[C@H](O)[C@@H](CO)O2)n1. The number of aliphatic hydroxyl groups excluding tert-OH is 2. The molecule has 1 aromatic heterocycles. The summed E-state index contributed by atoms with van der Waals surface area (Å²) in [4.78, 5) is 11.8. The lowest BCUT2D eigenvalue weighted by molar-refractivity contribution is -0.0538. The minimum atomic E-state index is -0.793. The lowest BCUT2D eigenvalue weighted by Crippen LogP contribution is -2.24. The van der Waals surface area contributed by atoms with Gasteiger partial charge in [-0.3, -0.25) is 4.79 Å². The molecule has 0 unspecified atom stereocenters. The molecule has 0 radical (unpaired) electrons. The maximum Gasteiger partial charge on any atom is 0.290 e. The third-order valence-corrected chi connectivity index (χ3v) is 2.29. The molecule has 0 bridgehead atoms. The van der Waals surface area contributed by atoms with Crippen LogP contribution in [-0.4, -0.2) is 55.1 Å². The average Bonchev–Trinajstić information content (AvgIpc) is 2.83. The van der Waals surface area contributed by atoms with Crippen LogP contribution in [0.5, 0.6) is 0 Å². The molecular weight excluding hydrogens is 218 g/mol. The number of amides is 1. The fourth-order valence-electron chi connectivity index (χ4n) is 1.47. The number of aliphatic hydroxyl groups is 2. The van der Waals surface area contributed by atoms with Crippen LogP contribution in [0.4, 0.5) is 0 Å². The van der Waals surface area contributed by atoms with Crippen LogP contribution < -0.4 is 5.73 Å². The number of carbonyl (C=O) groups is 1. The summed E-state index contributed by atoms with van der Waals surface area (Å²) in [5.41, 5.74) is 4.96. The molecule has 9 nitrogen and oxygen atoms in total. The van der Waals surface area contributed by atoms with E-state index >= 15 is 0 Å². The van der Waals surface area contributed by atoms with Gasteiger partial charge in [0.1, 0.15) is 6.10 Å². The third kappa shape index (κ3) is 1.87. The van der Waals surface area contributed by atoms with Crippen molar-refractivity contribution >= 4 is 5.91 Å². The average molecular weight is 229 g/mol. The number of ether oxygens (including phenoxy) is 1. The summed E-state index contributed by atoms with van der Waals surface area (Å²) in [6.45, 7) is -0.297. The molecule has 0 saturated carbocycles. The zero-order valence-corrected chi connectivity index (χ0v) is 8.22. The molecule has 1 aliphatic heterocycles. The number of tetrazole rings is 1. The summed E-state index contributed by atoms with van der Waals surface area (Å²) in [6.07, 6.45) is -1.89. The number of hydrogen-bond acceptors (Lipinski definition) is 7. The maximum atomic E-state index is 10.7. The smallest absolute Gasteiger partial charge is 0.290 e. The lowest BCUT2D eigenvalue weighted by atomic mass is 10.2. The fraction of sp³-hybridized carbons (Fsp3) is 0.714. The Hall–Kier alpha value is -1.58. The summed E-state index contributed by atoms with van der Waals surface area (Å²) < 4.78 is 5.25. The van der Waals surface area contributed by atoms with Crippen molar-refractivity contribution in [3.63, 3.8) is 0 Å². The van der Waals surface area contributed by atoms with Gasteiger partial charge in [0.25, 0.3) is 11.7 Å². The lowest BCUT2D eigenvalue weighted by Gasteiger charge is -2.10. The van der Waals surface area contributed by atoms with Gasteiger partial charge in [-0.15, -0.1) is 15.0 Å². The van der Waals surface area contributed by atoms with Crippen molar-refractivity contribution in [3.05, 3.63) is 5.82 Å². The Morgan fingerprint density at radius 2 is 2.44 bits per heavy atom. The molecule has 1 saturated heterocycles. The van der Waals surface area contributed by atoms with E-state index in [0.717, 1.165) is 4.80 Å². The zero-order chi connectivity index (χ0) is 11.7. The standard InChI is InChI=1S/C7H11N5O4/c8-6(15)7-9-11-12(10-7)5-1-3(14)4(2-13)16-5/h3-5,13-14H,1-2H2,(H2,8,15)/t3-,4+,5+/m0/s1. The normalized spacial score (nSPS) is 29.5. The summed E-state index contributed by atoms with van der Waals surface area (Å²) in [6, 6.07) is 0. The first-order valence-corrected chi connectivity index (χ1v) is 4.65. The van der Waals surface area contributed by atoms with Crippen molar-refractivity contribution < 1.29 is 19.7 Å². The molecule has 16 heavy (non-hydrogen) atoms. The monoisotopic (exact) mass is 229 g/mol. The van der Waals surface area contributed by atoms with Gasteiger partial charge in [-0.1, -0.05) is 0 Å². The first kappa shape index (κ1) is 10.9. The molecule has 0 aliphatic carbocycles. The van der Waals surface area contributed by atoms with Crippen molar-refractivity contribution in [2.45, 2.75) is 24.9 Å². The molecule has 0 aromatic carbocycles. The molecule has 3 atom stereocenters. The minimum absolute atomic E-state index is 0.217. The highest BCUT2D eigenvalue weighted by Gasteiger charge is 2.36. The van der Waals surface area contributed by atoms with Gasteiger partial charge in [0.05, 0.1) is 12.7 Å². The number of hydrogen-bond donors (Lipinski definition) is 3. The van der Waals surface area contributed by atoms with Gasteiger partial charge in [-0.2, -0.15) is 0 Å². The Morgan fingerprint density at radius 3 is 2.94 bits per heavy atom. The molecule has 1 fully saturated rings. The van der Waals surface area contributed by atoms with Crippen molar-refractivity contribution in [2.75, 3.05) is 6.61 Å². The van der Waals surface area contributed by atoms with Crippen LogP contribution >= 0.6 is 0 Å². The van der Waals surface area contributed by atoms with E-state index in [1.54, 1.807) is 0 Å². The summed E-state index contributed by atoms with van der Waals surface area (Å²) in [5, 5.41) is 29.0. The Labute approximate surface area is 89.8 Å². The second-order valence-electron chi connectivity index (χ2n) is 3.41. The number of aromatic nitrogens is 4. The van der Waals surface area contributed by atoms with Crippen molar-refractivity contribution in [1.82, 2.24) is 20.2 Å². The fourth-order valence-corrected chi connectivity index (χ4v) is 1.47. The number of carbonyl (C=O) groups excluding carboxylic acids is 1. The van der Waals surface area contributed by atoms with E-state index in [9.17, 15) is 9.90 Å². The Bertz CT molecular complexity index is 394. The highest BCUT2D eigenvalue weighted by Crippen LogP contribution is 2.26. The van der Waals surface area contributed by atoms with E-state index in [1.807, 2.05) is 0 Å². The first-order valence-electron chi connectivity index (χ1n) is 4.65. The molecule has 1 amide bonds. The zero-order valence-electron chi connectivity index (χ0n) is 8.22. The topological polar surface area (TPSA) is 136 Å². The van der Waals surface area contributed by atoms with Gasteiger partial charge in [0.2, 0.25) is 0 Å². The summed E-state index contributed by atoms with van der Waals surface area (Å²) in [5.74, 6) is -1.01. The van der Waals surface area contributed by atoms with E-state index in [0.29, 0.717) is 0 Å². The van der Waals surface area contributed by atoms with Gasteiger partial charge in [0, 0.05) is 6.42 Å². The molecular formula is C7H11N5O4. The summed E-state index contributed by atoms with van der Waals surface area (Å²) >= 11 is 0. The predicted molar refractivity (Wildman–Crippen MR) is 48.0 cm³/mol. The van der Waals surface area contributed by atoms with E-state index < -0.39 is 24.3 Å². The minimum Gasteiger partial charge on any atom is -0.394 e. The van der Waals surface area contributed by atoms with Crippen molar-refractivity contribution in [2.24, 2.45) is 5.73 Å². The van der Waals surface area contributed by atoms with Gasteiger partial charge in [0.15, 0.2) is 6.23 Å². The Balaban J connectivity index is 2.11. The van der Waals surface area contributed by atoms with Gasteiger partial charge < -0.3 is 20.7 Å². The molecule has 1 aliphatic rings. The van der Waals surface area contributed by atoms with Crippen LogP contribution in [0.15, 0.2) is 0 Å². The van der Waals surface area contributed by atoms with Gasteiger partial charge in [-0.05, 0) is 5.21 Å². The van der Waals surface area contributed by atoms with Crippen LogP contribution in [0.25, 0.3) is 0 Å². The van der Waals surface area contributed by atoms with E-state index in [-0.39, 0.29) is 18.9 Å². The second-order valence-corrected chi connectivity index (χ2v) is 3.41. The third-order valence-electron chi connectivity index (χ3n) is 2.29. The quantitative estimate of drug-likeness (QED) is 0.517. The molecule has 2 heterocycles. The molecule has 4 N–H and O–H groups in total. The van der Waals surface area contributed by atoms with E-state index in [2.05, 4.69) is 15.4 Å². The maximum absolute atomic E-state index is 10.7. The second kappa shape index (κ2) is 4.12. The molecule has 88 valence electrons. The summed E-state index contributed by atoms with van der Waals surface area (Å²) in [7, 11) is 0. The highest BCUT2D eigenvalue weighted by molar-refractivity contribution is 5.88. The number of primary amides is 1. The first-order chi connectivity index (χ1) is 7.61. The molecule has 2 rings (SSSR count). The van der Waals surface area contributed by atoms with Crippen LogP contribution in [0, 0.1) is 0 Å². The van der Waals surface area contributed by atoms with Crippen LogP contribution in [0.3, 0.4) is 0 Å². The predicted octanol–water partition coefficient (Wildman–Crippen LogP) is -2.59. The van der Waals surface area contributed by atoms with Gasteiger partial charge >= 0.3 is 0 Å². The molecule has 0 spiro atoms.